The molecule has 0 radical (unpaired) electrons. The van der Waals surface area contributed by atoms with Crippen molar-refractivity contribution in [3.8, 4) is 0 Å². The predicted octanol–water partition coefficient (Wildman–Crippen LogP) is -2.53. The molecule has 0 atom stereocenters. The smallest absolute Gasteiger partial charge is 0 e. The minimum absolute atomic E-state index is 0. The van der Waals surface area contributed by atoms with Crippen LogP contribution in [0.2, 0.25) is 0 Å². The van der Waals surface area contributed by atoms with Crippen LogP contribution in [0.15, 0.2) is 0 Å². The van der Waals surface area contributed by atoms with Gasteiger partial charge < -0.3 is 2.85 Å². The summed E-state index contributed by atoms with van der Waals surface area (Å²) in [6, 6.07) is 0. The van der Waals surface area contributed by atoms with Gasteiger partial charge in [0.1, 0.15) is 0 Å². The fourth-order valence-electron chi connectivity index (χ4n) is 0. The Morgan fingerprint density at radius 2 is 1.20 bits per heavy atom. The molecule has 0 amide bonds. The molecular weight excluding hydrogens is 478 g/mol. The third-order valence-corrected chi connectivity index (χ3v) is 0. The summed E-state index contributed by atoms with van der Waals surface area (Å²) in [5, 5.41) is 0. The van der Waals surface area contributed by atoms with Crippen molar-refractivity contribution in [2.45, 2.75) is 0 Å². The summed E-state index contributed by atoms with van der Waals surface area (Å²) in [6.45, 7) is 0. The molecule has 30 valence electrons. The van der Waals surface area contributed by atoms with Gasteiger partial charge in [-0.05, 0) is 0 Å². The summed E-state index contributed by atoms with van der Waals surface area (Å²) < 4.78 is 0. The van der Waals surface area contributed by atoms with E-state index in [9.17, 15) is 0 Å². The maximum Gasteiger partial charge on any atom is 0 e. The molecule has 0 spiro atoms. The van der Waals surface area contributed by atoms with Crippen LogP contribution in [0.5, 0.6) is 0 Å². The van der Waals surface area contributed by atoms with E-state index >= 15 is 0 Å². The molecule has 0 bridgehead atoms. The van der Waals surface area contributed by atoms with Crippen molar-refractivity contribution in [2.75, 3.05) is 0 Å². The van der Waals surface area contributed by atoms with Crippen molar-refractivity contribution < 1.29 is 67.2 Å². The van der Waals surface area contributed by atoms with Crippen molar-refractivity contribution in [2.24, 2.45) is 0 Å². The maximum absolute atomic E-state index is 0. The van der Waals surface area contributed by atoms with E-state index in [0.29, 0.717) is 0 Å². The first kappa shape index (κ1) is 32.6. The summed E-state index contributed by atoms with van der Waals surface area (Å²) >= 11 is 0. The second-order valence-electron chi connectivity index (χ2n) is 0. The third-order valence-electron chi connectivity index (χ3n) is 0. The maximum atomic E-state index is 0. The zero-order valence-corrected chi connectivity index (χ0v) is 8.22. The molecule has 0 saturated carbocycles. The van der Waals surface area contributed by atoms with Crippen molar-refractivity contribution in [3.05, 3.63) is 0 Å². The molecule has 5 heavy (non-hydrogen) atoms. The number of rotatable bonds is 0. The minimum Gasteiger partial charge on any atom is 0 e. The molecule has 0 unspecified atom stereocenters. The van der Waals surface area contributed by atoms with Gasteiger partial charge in [-0.2, -0.15) is 0 Å². The quantitative estimate of drug-likeness (QED) is 0.332. The largest absolute Gasteiger partial charge is 0 e. The van der Waals surface area contributed by atoms with E-state index in [4.69, 9.17) is 0 Å². The zero-order chi connectivity index (χ0) is 0. The summed E-state index contributed by atoms with van der Waals surface area (Å²) in [6.07, 6.45) is 0. The van der Waals surface area contributed by atoms with Crippen molar-refractivity contribution >= 4 is 83.4 Å². The molecular formula is H8CaDyGaInZr. The van der Waals surface area contributed by atoms with Crippen molar-refractivity contribution in [1.29, 1.82) is 0 Å². The van der Waals surface area contributed by atoms with E-state index in [1.165, 1.54) is 0 Å². The van der Waals surface area contributed by atoms with Crippen molar-refractivity contribution in [3.63, 3.8) is 0 Å². The topological polar surface area (TPSA) is 0 Å². The van der Waals surface area contributed by atoms with Gasteiger partial charge in [0.25, 0.3) is 0 Å². The molecule has 0 heterocycles. The summed E-state index contributed by atoms with van der Waals surface area (Å²) in [7, 11) is 0. The van der Waals surface area contributed by atoms with E-state index in [1.807, 2.05) is 0 Å². The minimum atomic E-state index is 0. The van der Waals surface area contributed by atoms with Gasteiger partial charge >= 0.3 is 83.4 Å². The van der Waals surface area contributed by atoms with Crippen LogP contribution in [0, 0.1) is 38.2 Å². The molecule has 0 aromatic heterocycles. The van der Waals surface area contributed by atoms with Gasteiger partial charge in [-0.3, -0.25) is 0 Å². The Morgan fingerprint density at radius 3 is 1.20 bits per heavy atom. The first-order valence-corrected chi connectivity index (χ1v) is 0. The van der Waals surface area contributed by atoms with Crippen LogP contribution >= 0.6 is 0 Å². The molecule has 0 aliphatic carbocycles. The average molecular weight is 486 g/mol. The fraction of sp³-hybridized carbons (Fsp3) is 0. The van der Waals surface area contributed by atoms with Crippen LogP contribution in [0.4, 0.5) is 0 Å². The Kier molecular flexibility index (Phi) is 151. The third kappa shape index (κ3) is 17.6. The van der Waals surface area contributed by atoms with Crippen LogP contribution in [0.1, 0.15) is 2.85 Å². The Balaban J connectivity index is 0. The number of hydrogen-bond donors (Lipinski definition) is 0. The molecule has 0 nitrogen and oxygen atoms in total. The van der Waals surface area contributed by atoms with Crippen LogP contribution < -0.4 is 0 Å². The average Bonchev–Trinajstić information content (AvgIpc) is 0. The summed E-state index contributed by atoms with van der Waals surface area (Å²) in [5.41, 5.74) is 0. The van der Waals surface area contributed by atoms with Crippen molar-refractivity contribution in [1.82, 2.24) is 0 Å². The van der Waals surface area contributed by atoms with Gasteiger partial charge in [0, 0.05) is 64.4 Å². The van der Waals surface area contributed by atoms with Gasteiger partial charge in [-0.15, -0.1) is 0 Å². The van der Waals surface area contributed by atoms with Gasteiger partial charge in [0.15, 0.2) is 0 Å². The van der Waals surface area contributed by atoms with Crippen LogP contribution in [0.3, 0.4) is 0 Å². The van der Waals surface area contributed by atoms with Gasteiger partial charge in [0.05, 0.1) is 0 Å². The second-order valence-corrected chi connectivity index (χ2v) is 0. The van der Waals surface area contributed by atoms with E-state index in [0.717, 1.165) is 0 Å². The second kappa shape index (κ2) is 23.1. The molecule has 5 heteroatoms. The van der Waals surface area contributed by atoms with E-state index < -0.39 is 0 Å². The zero-order valence-electron chi connectivity index (χ0n) is 3.52. The monoisotopic (exact) mass is 486 g/mol. The predicted molar refractivity (Wildman–Crippen MR) is 27.9 cm³/mol. The summed E-state index contributed by atoms with van der Waals surface area (Å²) in [4.78, 5) is 0. The fourth-order valence-corrected chi connectivity index (χ4v) is 0. The molecule has 0 N–H and O–H groups in total. The molecule has 0 saturated heterocycles. The molecule has 0 aliphatic heterocycles. The van der Waals surface area contributed by atoms with Gasteiger partial charge in [0.2, 0.25) is 0 Å². The van der Waals surface area contributed by atoms with Gasteiger partial charge in [-0.1, -0.05) is 0 Å². The Bertz CT molecular complexity index is 17.7. The Labute approximate surface area is 146 Å². The van der Waals surface area contributed by atoms with E-state index in [1.54, 1.807) is 0 Å². The Morgan fingerprint density at radius 1 is 1.20 bits per heavy atom. The normalized spacial score (nSPS) is 0. The van der Waals surface area contributed by atoms with Crippen LogP contribution in [0.25, 0.3) is 0 Å². The standard InChI is InChI=1S/Ca.Dy.Ga.In.Zr.8H/q+2;;;;;;;;;;;2*-1. The van der Waals surface area contributed by atoms with E-state index in [-0.39, 0.29) is 151 Å². The molecule has 0 aliphatic rings. The SMILES string of the molecule is [Ca+2].[Dy].[GaH3].[H-].[H-].[InH3].[Zr]. The Hall–Kier alpha value is 4.92. The van der Waals surface area contributed by atoms with Crippen LogP contribution in [-0.2, 0) is 26.2 Å². The summed E-state index contributed by atoms with van der Waals surface area (Å²) in [5.74, 6) is 0. The number of hydrogen-bond acceptors (Lipinski definition) is 0. The molecule has 0 aromatic carbocycles. The molecule has 0 fully saturated rings. The van der Waals surface area contributed by atoms with Crippen LogP contribution in [-0.4, -0.2) is 83.4 Å². The van der Waals surface area contributed by atoms with Gasteiger partial charge in [-0.25, -0.2) is 0 Å². The molecule has 0 rings (SSSR count). The first-order valence-electron chi connectivity index (χ1n) is 0. The first-order chi connectivity index (χ1) is 0. The van der Waals surface area contributed by atoms with E-state index in [2.05, 4.69) is 0 Å². The molecule has 0 aromatic rings.